The van der Waals surface area contributed by atoms with E-state index < -0.39 is 5.41 Å². The van der Waals surface area contributed by atoms with Gasteiger partial charge in [0, 0.05) is 37.1 Å². The monoisotopic (exact) mass is 721 g/mol. The normalized spacial score (nSPS) is 13.5. The van der Waals surface area contributed by atoms with Gasteiger partial charge in [-0.2, -0.15) is 0 Å². The Balaban J connectivity index is 1.23. The van der Waals surface area contributed by atoms with E-state index in [1.807, 2.05) is 11.3 Å². The molecule has 0 fully saturated rings. The summed E-state index contributed by atoms with van der Waals surface area (Å²) in [4.78, 5) is 2.55. The second kappa shape index (κ2) is 11.9. The molecular formula is C53H39NS. The predicted molar refractivity (Wildman–Crippen MR) is 234 cm³/mol. The molecule has 8 aromatic carbocycles. The Morgan fingerprint density at radius 1 is 0.418 bits per heavy atom. The van der Waals surface area contributed by atoms with Gasteiger partial charge >= 0.3 is 0 Å². The zero-order valence-electron chi connectivity index (χ0n) is 31.2. The lowest BCUT2D eigenvalue weighted by molar-refractivity contribution is 0.591. The lowest BCUT2D eigenvalue weighted by Gasteiger charge is -2.35. The molecule has 0 saturated carbocycles. The van der Waals surface area contributed by atoms with Gasteiger partial charge in [0.15, 0.2) is 0 Å². The molecule has 2 aliphatic carbocycles. The van der Waals surface area contributed by atoms with E-state index in [9.17, 15) is 0 Å². The highest BCUT2D eigenvalue weighted by molar-refractivity contribution is 7.25. The average Bonchev–Trinajstić information content (AvgIpc) is 3.85. The molecule has 262 valence electrons. The first-order valence-electron chi connectivity index (χ1n) is 19.3. The van der Waals surface area contributed by atoms with E-state index >= 15 is 0 Å². The summed E-state index contributed by atoms with van der Waals surface area (Å²) in [5.74, 6) is 0. The fourth-order valence-electron chi connectivity index (χ4n) is 9.83. The van der Waals surface area contributed by atoms with Gasteiger partial charge in [-0.05, 0) is 97.4 Å². The van der Waals surface area contributed by atoms with E-state index in [0.29, 0.717) is 0 Å². The van der Waals surface area contributed by atoms with Crippen LogP contribution in [0.4, 0.5) is 17.1 Å². The second-order valence-electron chi connectivity index (χ2n) is 16.0. The number of rotatable bonds is 4. The molecule has 11 rings (SSSR count). The van der Waals surface area contributed by atoms with Gasteiger partial charge < -0.3 is 4.90 Å². The summed E-state index contributed by atoms with van der Waals surface area (Å²) in [6, 6.07) is 68.2. The van der Waals surface area contributed by atoms with Gasteiger partial charge in [0.05, 0.1) is 11.1 Å². The summed E-state index contributed by atoms with van der Waals surface area (Å²) in [7, 11) is 0. The minimum atomic E-state index is -0.426. The Morgan fingerprint density at radius 2 is 0.927 bits per heavy atom. The van der Waals surface area contributed by atoms with Crippen LogP contribution in [0.2, 0.25) is 0 Å². The van der Waals surface area contributed by atoms with Crippen LogP contribution in [0.5, 0.6) is 0 Å². The highest BCUT2D eigenvalue weighted by atomic mass is 32.1. The molecule has 0 amide bonds. The third-order valence-electron chi connectivity index (χ3n) is 12.0. The van der Waals surface area contributed by atoms with Gasteiger partial charge in [0.25, 0.3) is 0 Å². The van der Waals surface area contributed by atoms with Crippen molar-refractivity contribution in [2.45, 2.75) is 31.6 Å². The molecule has 2 heteroatoms. The largest absolute Gasteiger partial charge is 0.310 e. The first-order valence-corrected chi connectivity index (χ1v) is 20.1. The van der Waals surface area contributed by atoms with Crippen LogP contribution in [0.15, 0.2) is 182 Å². The van der Waals surface area contributed by atoms with Crippen molar-refractivity contribution < 1.29 is 0 Å². The lowest BCUT2D eigenvalue weighted by atomic mass is 9.70. The van der Waals surface area contributed by atoms with Gasteiger partial charge in [-0.3, -0.25) is 0 Å². The van der Waals surface area contributed by atoms with E-state index in [0.717, 1.165) is 5.69 Å². The summed E-state index contributed by atoms with van der Waals surface area (Å²) in [5.41, 5.74) is 17.5. The number of thiophene rings is 1. The Kier molecular flexibility index (Phi) is 6.97. The van der Waals surface area contributed by atoms with Crippen molar-refractivity contribution >= 4 is 48.6 Å². The van der Waals surface area contributed by atoms with Crippen LogP contribution in [-0.2, 0) is 10.8 Å². The molecule has 0 saturated heterocycles. The molecule has 0 bridgehead atoms. The maximum absolute atomic E-state index is 2.55. The molecule has 2 aliphatic rings. The maximum Gasteiger partial charge on any atom is 0.0726 e. The van der Waals surface area contributed by atoms with E-state index in [1.54, 1.807) is 0 Å². The molecule has 0 N–H and O–H groups in total. The smallest absolute Gasteiger partial charge is 0.0726 e. The molecule has 1 aromatic heterocycles. The summed E-state index contributed by atoms with van der Waals surface area (Å²) < 4.78 is 2.63. The third kappa shape index (κ3) is 4.52. The standard InChI is InChI=1S/C53H39NS/c1-52(2,3)45-26-12-14-28-48(45)54(47-27-13-7-20-39(47)40-22-16-30-50-51(40)41-21-8-15-29-49(41)55-50)34-31-32-38-37-19-6-11-25-44(37)53(46(38)33-34)42-23-9-4-17-35(42)36-18-5-10-24-43(36)53/h4-33H,1-3H3. The predicted octanol–water partition coefficient (Wildman–Crippen LogP) is 14.8. The second-order valence-corrected chi connectivity index (χ2v) is 17.1. The van der Waals surface area contributed by atoms with E-state index in [2.05, 4.69) is 208 Å². The SMILES string of the molecule is CC(C)(C)c1ccccc1N(c1ccc2c(c1)C1(c3ccccc3-c3ccccc31)c1ccccc1-2)c1ccccc1-c1cccc2sc3ccccc3c12. The van der Waals surface area contributed by atoms with Crippen molar-refractivity contribution in [2.75, 3.05) is 4.90 Å². The number of anilines is 3. The van der Waals surface area contributed by atoms with E-state index in [4.69, 9.17) is 0 Å². The number of fused-ring (bicyclic) bond motifs is 13. The number of benzene rings is 8. The minimum absolute atomic E-state index is 0.0924. The zero-order valence-corrected chi connectivity index (χ0v) is 32.0. The average molecular weight is 722 g/mol. The molecule has 0 radical (unpaired) electrons. The van der Waals surface area contributed by atoms with Crippen molar-refractivity contribution in [1.82, 2.24) is 0 Å². The summed E-state index contributed by atoms with van der Waals surface area (Å²) in [6.07, 6.45) is 0. The van der Waals surface area contributed by atoms with Crippen molar-refractivity contribution in [3.8, 4) is 33.4 Å². The number of hydrogen-bond acceptors (Lipinski definition) is 2. The molecule has 55 heavy (non-hydrogen) atoms. The molecule has 1 nitrogen and oxygen atoms in total. The molecule has 1 heterocycles. The number of para-hydroxylation sites is 2. The summed E-state index contributed by atoms with van der Waals surface area (Å²) in [6.45, 7) is 6.98. The molecule has 1 spiro atoms. The fraction of sp³-hybridized carbons (Fsp3) is 0.0943. The van der Waals surface area contributed by atoms with Gasteiger partial charge in [0.2, 0.25) is 0 Å². The lowest BCUT2D eigenvalue weighted by Crippen LogP contribution is -2.26. The van der Waals surface area contributed by atoms with Crippen LogP contribution in [0, 0.1) is 0 Å². The molecule has 0 aliphatic heterocycles. The molecular weight excluding hydrogens is 683 g/mol. The Labute approximate surface area is 326 Å². The number of hydrogen-bond donors (Lipinski definition) is 0. The van der Waals surface area contributed by atoms with Crippen LogP contribution in [0.3, 0.4) is 0 Å². The van der Waals surface area contributed by atoms with Gasteiger partial charge in [0.1, 0.15) is 0 Å². The van der Waals surface area contributed by atoms with Gasteiger partial charge in [-0.15, -0.1) is 11.3 Å². The third-order valence-corrected chi connectivity index (χ3v) is 13.2. The van der Waals surface area contributed by atoms with Crippen molar-refractivity contribution in [3.05, 3.63) is 210 Å². The van der Waals surface area contributed by atoms with E-state index in [-0.39, 0.29) is 5.41 Å². The van der Waals surface area contributed by atoms with Crippen molar-refractivity contribution in [1.29, 1.82) is 0 Å². The highest BCUT2D eigenvalue weighted by Gasteiger charge is 2.51. The van der Waals surface area contributed by atoms with Crippen LogP contribution < -0.4 is 4.90 Å². The van der Waals surface area contributed by atoms with Gasteiger partial charge in [-0.25, -0.2) is 0 Å². The Hall–Kier alpha value is -6.22. The van der Waals surface area contributed by atoms with Crippen LogP contribution >= 0.6 is 11.3 Å². The molecule has 9 aromatic rings. The first kappa shape index (κ1) is 32.2. The van der Waals surface area contributed by atoms with Crippen molar-refractivity contribution in [2.24, 2.45) is 0 Å². The van der Waals surface area contributed by atoms with E-state index in [1.165, 1.54) is 92.7 Å². The topological polar surface area (TPSA) is 3.24 Å². The first-order chi connectivity index (χ1) is 26.9. The quantitative estimate of drug-likeness (QED) is 0.175. The maximum atomic E-state index is 2.55. The van der Waals surface area contributed by atoms with Gasteiger partial charge in [-0.1, -0.05) is 166 Å². The zero-order chi connectivity index (χ0) is 36.9. The minimum Gasteiger partial charge on any atom is -0.310 e. The van der Waals surface area contributed by atoms with Crippen molar-refractivity contribution in [3.63, 3.8) is 0 Å². The number of nitrogens with zero attached hydrogens (tertiary/aromatic N) is 1. The highest BCUT2D eigenvalue weighted by Crippen LogP contribution is 2.63. The molecule has 0 atom stereocenters. The Morgan fingerprint density at radius 3 is 1.60 bits per heavy atom. The van der Waals surface area contributed by atoms with Crippen LogP contribution in [0.25, 0.3) is 53.6 Å². The Bertz CT molecular complexity index is 2930. The van der Waals surface area contributed by atoms with Crippen LogP contribution in [-0.4, -0.2) is 0 Å². The summed E-state index contributed by atoms with van der Waals surface area (Å²) >= 11 is 1.88. The summed E-state index contributed by atoms with van der Waals surface area (Å²) in [5, 5.41) is 2.63. The van der Waals surface area contributed by atoms with Crippen LogP contribution in [0.1, 0.15) is 48.6 Å². The molecule has 0 unspecified atom stereocenters. The fourth-order valence-corrected chi connectivity index (χ4v) is 11.0.